The van der Waals surface area contributed by atoms with Gasteiger partial charge in [0.05, 0.1) is 11.5 Å². The van der Waals surface area contributed by atoms with Gasteiger partial charge in [-0.1, -0.05) is 6.08 Å². The number of amides is 1. The van der Waals surface area contributed by atoms with E-state index in [1.165, 1.54) is 6.07 Å². The molecule has 0 aromatic carbocycles. The summed E-state index contributed by atoms with van der Waals surface area (Å²) in [5, 5.41) is 13.3. The number of rotatable bonds is 5. The molecule has 7 nitrogen and oxygen atoms in total. The van der Waals surface area contributed by atoms with Crippen molar-refractivity contribution in [2.75, 3.05) is 23.4 Å². The third-order valence-electron chi connectivity index (χ3n) is 2.89. The van der Waals surface area contributed by atoms with Gasteiger partial charge in [-0.3, -0.25) is 4.79 Å². The Balaban J connectivity index is 1.95. The highest BCUT2D eigenvalue weighted by Crippen LogP contribution is 2.15. The Labute approximate surface area is 117 Å². The molecule has 20 heavy (non-hydrogen) atoms. The summed E-state index contributed by atoms with van der Waals surface area (Å²) >= 11 is 0. The third-order valence-corrected chi connectivity index (χ3v) is 4.66. The van der Waals surface area contributed by atoms with Crippen LogP contribution in [0.2, 0.25) is 0 Å². The maximum absolute atomic E-state index is 11.6. The van der Waals surface area contributed by atoms with Gasteiger partial charge >= 0.3 is 0 Å². The van der Waals surface area contributed by atoms with Gasteiger partial charge in [0.1, 0.15) is 5.82 Å². The lowest BCUT2D eigenvalue weighted by molar-refractivity contribution is 0.0952. The number of anilines is 1. The van der Waals surface area contributed by atoms with Crippen molar-refractivity contribution >= 4 is 21.6 Å². The Morgan fingerprint density at radius 2 is 2.25 bits per heavy atom. The van der Waals surface area contributed by atoms with Gasteiger partial charge in [-0.25, -0.2) is 8.42 Å². The minimum atomic E-state index is -2.93. The average molecular weight is 296 g/mol. The topological polar surface area (TPSA) is 101 Å². The summed E-state index contributed by atoms with van der Waals surface area (Å²) in [6.07, 6.45) is 2.13. The number of hydrogen-bond donors (Lipinski definition) is 2. The molecule has 0 bridgehead atoms. The molecule has 1 unspecified atom stereocenters. The van der Waals surface area contributed by atoms with E-state index in [0.717, 1.165) is 0 Å². The lowest BCUT2D eigenvalue weighted by Gasteiger charge is -2.10. The standard InChI is InChI=1S/C12H16N4O3S/c1-2-6-13-12(17)10-3-4-11(16-15-10)14-9-5-7-20(18,19)8-9/h2-4,9H,1,5-8H2,(H,13,17)(H,14,16). The second-order valence-corrected chi connectivity index (χ2v) is 6.78. The van der Waals surface area contributed by atoms with Gasteiger partial charge in [-0.15, -0.1) is 16.8 Å². The molecule has 1 fully saturated rings. The number of aromatic nitrogens is 2. The highest BCUT2D eigenvalue weighted by molar-refractivity contribution is 7.91. The monoisotopic (exact) mass is 296 g/mol. The zero-order valence-corrected chi connectivity index (χ0v) is 11.7. The Hall–Kier alpha value is -1.96. The zero-order chi connectivity index (χ0) is 14.6. The first-order chi connectivity index (χ1) is 9.50. The van der Waals surface area contributed by atoms with Crippen LogP contribution in [0.25, 0.3) is 0 Å². The van der Waals surface area contributed by atoms with Crippen LogP contribution in [0.5, 0.6) is 0 Å². The molecule has 0 saturated carbocycles. The number of nitrogens with one attached hydrogen (secondary N) is 2. The van der Waals surface area contributed by atoms with Crippen LogP contribution >= 0.6 is 0 Å². The van der Waals surface area contributed by atoms with E-state index in [0.29, 0.717) is 18.8 Å². The summed E-state index contributed by atoms with van der Waals surface area (Å²) in [4.78, 5) is 11.6. The summed E-state index contributed by atoms with van der Waals surface area (Å²) in [6.45, 7) is 3.86. The van der Waals surface area contributed by atoms with Crippen molar-refractivity contribution in [1.29, 1.82) is 0 Å². The molecular formula is C12H16N4O3S. The fourth-order valence-electron chi connectivity index (χ4n) is 1.90. The van der Waals surface area contributed by atoms with Crippen molar-refractivity contribution in [1.82, 2.24) is 15.5 Å². The molecule has 1 aliphatic heterocycles. The number of carbonyl (C=O) groups excluding carboxylic acids is 1. The van der Waals surface area contributed by atoms with E-state index in [9.17, 15) is 13.2 Å². The van der Waals surface area contributed by atoms with Crippen LogP contribution in [0.15, 0.2) is 24.8 Å². The van der Waals surface area contributed by atoms with Crippen molar-refractivity contribution in [3.8, 4) is 0 Å². The highest BCUT2D eigenvalue weighted by Gasteiger charge is 2.27. The molecule has 1 amide bonds. The maximum Gasteiger partial charge on any atom is 0.272 e. The third kappa shape index (κ3) is 3.77. The number of sulfone groups is 1. The smallest absolute Gasteiger partial charge is 0.272 e. The fraction of sp³-hybridized carbons (Fsp3) is 0.417. The average Bonchev–Trinajstić information content (AvgIpc) is 2.76. The van der Waals surface area contributed by atoms with E-state index in [4.69, 9.17) is 0 Å². The van der Waals surface area contributed by atoms with Crippen molar-refractivity contribution in [2.24, 2.45) is 0 Å². The minimum Gasteiger partial charge on any atom is -0.365 e. The molecule has 1 saturated heterocycles. The highest BCUT2D eigenvalue weighted by atomic mass is 32.2. The van der Waals surface area contributed by atoms with Crippen LogP contribution in [-0.4, -0.2) is 48.6 Å². The molecule has 2 heterocycles. The zero-order valence-electron chi connectivity index (χ0n) is 10.9. The summed E-state index contributed by atoms with van der Waals surface area (Å²) in [5.74, 6) is 0.441. The van der Waals surface area contributed by atoms with Crippen molar-refractivity contribution < 1.29 is 13.2 Å². The minimum absolute atomic E-state index is 0.107. The van der Waals surface area contributed by atoms with E-state index >= 15 is 0 Å². The van der Waals surface area contributed by atoms with Crippen molar-refractivity contribution in [3.63, 3.8) is 0 Å². The van der Waals surface area contributed by atoms with E-state index < -0.39 is 9.84 Å². The van der Waals surface area contributed by atoms with Crippen LogP contribution in [0.4, 0.5) is 5.82 Å². The van der Waals surface area contributed by atoms with E-state index in [1.54, 1.807) is 12.1 Å². The predicted molar refractivity (Wildman–Crippen MR) is 75.2 cm³/mol. The first kappa shape index (κ1) is 14.4. The molecule has 1 aromatic rings. The van der Waals surface area contributed by atoms with E-state index in [1.807, 2.05) is 0 Å². The van der Waals surface area contributed by atoms with E-state index in [2.05, 4.69) is 27.4 Å². The quantitative estimate of drug-likeness (QED) is 0.741. The van der Waals surface area contributed by atoms with Crippen molar-refractivity contribution in [2.45, 2.75) is 12.5 Å². The Morgan fingerprint density at radius 1 is 1.45 bits per heavy atom. The van der Waals surface area contributed by atoms with Gasteiger partial charge in [0, 0.05) is 12.6 Å². The molecule has 0 aliphatic carbocycles. The van der Waals surface area contributed by atoms with Gasteiger partial charge in [-0.05, 0) is 18.6 Å². The Kier molecular flexibility index (Phi) is 4.33. The number of nitrogens with zero attached hydrogens (tertiary/aromatic N) is 2. The number of hydrogen-bond acceptors (Lipinski definition) is 6. The molecule has 8 heteroatoms. The largest absolute Gasteiger partial charge is 0.365 e. The fourth-order valence-corrected chi connectivity index (χ4v) is 3.58. The van der Waals surface area contributed by atoms with E-state index in [-0.39, 0.29) is 29.1 Å². The number of carbonyl (C=O) groups is 1. The van der Waals surface area contributed by atoms with Crippen molar-refractivity contribution in [3.05, 3.63) is 30.5 Å². The summed E-state index contributed by atoms with van der Waals surface area (Å²) in [7, 11) is -2.93. The first-order valence-electron chi connectivity index (χ1n) is 6.20. The second-order valence-electron chi connectivity index (χ2n) is 4.55. The first-order valence-corrected chi connectivity index (χ1v) is 8.02. The summed E-state index contributed by atoms with van der Waals surface area (Å²) < 4.78 is 22.7. The Morgan fingerprint density at radius 3 is 2.80 bits per heavy atom. The SMILES string of the molecule is C=CCNC(=O)c1ccc(NC2CCS(=O)(=O)C2)nn1. The molecule has 2 rings (SSSR count). The lowest BCUT2D eigenvalue weighted by atomic mass is 10.2. The van der Waals surface area contributed by atoms with Gasteiger partial charge in [-0.2, -0.15) is 0 Å². The molecule has 1 atom stereocenters. The molecule has 108 valence electrons. The molecule has 0 radical (unpaired) electrons. The van der Waals surface area contributed by atoms with Gasteiger partial charge in [0.2, 0.25) is 0 Å². The van der Waals surface area contributed by atoms with Gasteiger partial charge < -0.3 is 10.6 Å². The van der Waals surface area contributed by atoms with Crippen LogP contribution < -0.4 is 10.6 Å². The van der Waals surface area contributed by atoms with Gasteiger partial charge in [0.15, 0.2) is 15.5 Å². The second kappa shape index (κ2) is 6.00. The lowest BCUT2D eigenvalue weighted by Crippen LogP contribution is -2.25. The molecule has 1 aliphatic rings. The summed E-state index contributed by atoms with van der Waals surface area (Å²) in [5.41, 5.74) is 0.205. The predicted octanol–water partition coefficient (Wildman–Crippen LogP) is -0.00860. The molecule has 1 aromatic heterocycles. The normalized spacial score (nSPS) is 20.3. The van der Waals surface area contributed by atoms with Gasteiger partial charge in [0.25, 0.3) is 5.91 Å². The Bertz CT molecular complexity index is 598. The molecule has 0 spiro atoms. The molecule has 2 N–H and O–H groups in total. The van der Waals surface area contributed by atoms with Crippen LogP contribution in [0.3, 0.4) is 0 Å². The van der Waals surface area contributed by atoms with Crippen LogP contribution in [-0.2, 0) is 9.84 Å². The maximum atomic E-state index is 11.6. The van der Waals surface area contributed by atoms with Crippen LogP contribution in [0.1, 0.15) is 16.9 Å². The summed E-state index contributed by atoms with van der Waals surface area (Å²) in [6, 6.07) is 3.01. The van der Waals surface area contributed by atoms with Crippen LogP contribution in [0, 0.1) is 0 Å². The molecular weight excluding hydrogens is 280 g/mol.